The van der Waals surface area contributed by atoms with E-state index in [9.17, 15) is 19.2 Å². The predicted molar refractivity (Wildman–Crippen MR) is 164 cm³/mol. The van der Waals surface area contributed by atoms with Crippen molar-refractivity contribution < 1.29 is 57.1 Å². The SMILES string of the molecule is CC(=O)OC[C@H]1O[C@H](OC(C)=O)[C@@]2(/C(=C/COC(=O)C(C)(C)C)COC(=O)C(C)(C)C)OC(C)(C)O[C@H]2[C@H]1OCc1ccccc1. The molecule has 0 aliphatic carbocycles. The molecule has 1 aromatic rings. The highest BCUT2D eigenvalue weighted by Gasteiger charge is 2.69. The average molecular weight is 649 g/mol. The summed E-state index contributed by atoms with van der Waals surface area (Å²) < 4.78 is 48.2. The Balaban J connectivity index is 2.17. The van der Waals surface area contributed by atoms with E-state index in [4.69, 9.17) is 37.9 Å². The van der Waals surface area contributed by atoms with Gasteiger partial charge in [0.05, 0.1) is 17.4 Å². The second-order valence-electron chi connectivity index (χ2n) is 13.9. The monoisotopic (exact) mass is 648 g/mol. The third kappa shape index (κ3) is 9.37. The zero-order chi connectivity index (χ0) is 34.5. The fourth-order valence-corrected chi connectivity index (χ4v) is 4.99. The van der Waals surface area contributed by atoms with E-state index in [1.165, 1.54) is 19.9 Å². The highest BCUT2D eigenvalue weighted by atomic mass is 16.8. The Hall–Kier alpha value is -3.32. The van der Waals surface area contributed by atoms with E-state index in [1.807, 2.05) is 30.3 Å². The van der Waals surface area contributed by atoms with Gasteiger partial charge in [0.25, 0.3) is 0 Å². The fourth-order valence-electron chi connectivity index (χ4n) is 4.99. The molecule has 0 N–H and O–H groups in total. The average Bonchev–Trinajstić information content (AvgIpc) is 3.24. The lowest BCUT2D eigenvalue weighted by Crippen LogP contribution is -2.68. The van der Waals surface area contributed by atoms with Crippen LogP contribution < -0.4 is 0 Å². The summed E-state index contributed by atoms with van der Waals surface area (Å²) in [4.78, 5) is 50.0. The summed E-state index contributed by atoms with van der Waals surface area (Å²) in [6, 6.07) is 9.39. The van der Waals surface area contributed by atoms with Crippen LogP contribution in [-0.2, 0) is 63.7 Å². The van der Waals surface area contributed by atoms with Crippen LogP contribution in [0.4, 0.5) is 0 Å². The largest absolute Gasteiger partial charge is 0.463 e. The van der Waals surface area contributed by atoms with Gasteiger partial charge in [-0.1, -0.05) is 30.3 Å². The molecule has 0 amide bonds. The second-order valence-corrected chi connectivity index (χ2v) is 13.9. The van der Waals surface area contributed by atoms with E-state index >= 15 is 0 Å². The summed E-state index contributed by atoms with van der Waals surface area (Å²) in [5.74, 6) is -3.52. The Bertz CT molecular complexity index is 1270. The van der Waals surface area contributed by atoms with E-state index in [2.05, 4.69) is 0 Å². The van der Waals surface area contributed by atoms with Crippen LogP contribution in [0.3, 0.4) is 0 Å². The van der Waals surface area contributed by atoms with Crippen molar-refractivity contribution in [2.75, 3.05) is 19.8 Å². The normalized spacial score (nSPS) is 26.1. The Labute approximate surface area is 271 Å². The van der Waals surface area contributed by atoms with Gasteiger partial charge in [-0.05, 0) is 67.0 Å². The summed E-state index contributed by atoms with van der Waals surface area (Å²) in [6.07, 6.45) is -2.91. The molecule has 0 unspecified atom stereocenters. The molecule has 0 bridgehead atoms. The van der Waals surface area contributed by atoms with Gasteiger partial charge < -0.3 is 37.9 Å². The number of ether oxygens (including phenoxy) is 8. The topological polar surface area (TPSA) is 142 Å². The smallest absolute Gasteiger partial charge is 0.311 e. The van der Waals surface area contributed by atoms with Crippen molar-refractivity contribution in [3.8, 4) is 0 Å². The molecule has 2 aliphatic rings. The van der Waals surface area contributed by atoms with Crippen LogP contribution in [0.15, 0.2) is 42.0 Å². The third-order valence-electron chi connectivity index (χ3n) is 7.20. The quantitative estimate of drug-likeness (QED) is 0.190. The maximum absolute atomic E-state index is 13.0. The molecule has 0 radical (unpaired) electrons. The molecule has 12 heteroatoms. The van der Waals surface area contributed by atoms with Crippen molar-refractivity contribution in [3.63, 3.8) is 0 Å². The van der Waals surface area contributed by atoms with E-state index < -0.39 is 70.7 Å². The number of carbonyl (C=O) groups is 4. The van der Waals surface area contributed by atoms with Crippen LogP contribution >= 0.6 is 0 Å². The van der Waals surface area contributed by atoms with E-state index in [0.717, 1.165) is 5.56 Å². The summed E-state index contributed by atoms with van der Waals surface area (Å²) in [7, 11) is 0. The van der Waals surface area contributed by atoms with Crippen molar-refractivity contribution in [2.45, 2.75) is 112 Å². The zero-order valence-corrected chi connectivity index (χ0v) is 28.5. The molecule has 12 nitrogen and oxygen atoms in total. The summed E-state index contributed by atoms with van der Waals surface area (Å²) in [5.41, 5.74) is -2.27. The highest BCUT2D eigenvalue weighted by molar-refractivity contribution is 5.76. The lowest BCUT2D eigenvalue weighted by atomic mass is 9.80. The minimum atomic E-state index is -1.75. The Morgan fingerprint density at radius 3 is 2.04 bits per heavy atom. The first-order valence-electron chi connectivity index (χ1n) is 15.3. The molecular weight excluding hydrogens is 600 g/mol. The first-order chi connectivity index (χ1) is 21.3. The number of esters is 4. The molecule has 2 fully saturated rings. The van der Waals surface area contributed by atoms with Gasteiger partial charge in [0.15, 0.2) is 11.4 Å². The van der Waals surface area contributed by atoms with Crippen LogP contribution in [0, 0.1) is 10.8 Å². The Morgan fingerprint density at radius 1 is 0.870 bits per heavy atom. The van der Waals surface area contributed by atoms with Gasteiger partial charge in [-0.2, -0.15) is 0 Å². The number of fused-ring (bicyclic) bond motifs is 1. The lowest BCUT2D eigenvalue weighted by Gasteiger charge is -2.49. The fraction of sp³-hybridized carbons (Fsp3) is 0.647. The molecule has 3 rings (SSSR count). The maximum Gasteiger partial charge on any atom is 0.311 e. The second kappa shape index (κ2) is 14.6. The first kappa shape index (κ1) is 37.1. The first-order valence-corrected chi connectivity index (χ1v) is 15.3. The number of rotatable bonds is 11. The van der Waals surface area contributed by atoms with Crippen LogP contribution in [0.5, 0.6) is 0 Å². The molecule has 0 spiro atoms. The maximum atomic E-state index is 13.0. The van der Waals surface area contributed by atoms with E-state index in [0.29, 0.717) is 0 Å². The number of hydrogen-bond donors (Lipinski definition) is 0. The summed E-state index contributed by atoms with van der Waals surface area (Å²) >= 11 is 0. The summed E-state index contributed by atoms with van der Waals surface area (Å²) in [6.45, 7) is 15.4. The van der Waals surface area contributed by atoms with Gasteiger partial charge >= 0.3 is 23.9 Å². The van der Waals surface area contributed by atoms with Gasteiger partial charge in [0.1, 0.15) is 38.1 Å². The molecule has 5 atom stereocenters. The molecule has 2 saturated heterocycles. The molecule has 256 valence electrons. The molecule has 46 heavy (non-hydrogen) atoms. The van der Waals surface area contributed by atoms with Gasteiger partial charge in [0, 0.05) is 19.4 Å². The van der Waals surface area contributed by atoms with Crippen LogP contribution in [0.25, 0.3) is 0 Å². The van der Waals surface area contributed by atoms with Crippen molar-refractivity contribution >= 4 is 23.9 Å². The van der Waals surface area contributed by atoms with Crippen molar-refractivity contribution in [2.24, 2.45) is 10.8 Å². The van der Waals surface area contributed by atoms with E-state index in [1.54, 1.807) is 55.4 Å². The standard InChI is InChI=1S/C34H48O12/c1-21(35)40-20-25-26(41-18-23-14-12-11-13-15-23)27-34(46-33(9,10)45-27,30(44-25)43-22(2)36)24(19-42-29(38)32(6,7)8)16-17-39-28(37)31(3,4)5/h11-16,25-27,30H,17-20H2,1-10H3/b24-16+/t25-,26+,27+,30+,34+/m1/s1. The zero-order valence-electron chi connectivity index (χ0n) is 28.5. The van der Waals surface area contributed by atoms with Gasteiger partial charge in [-0.3, -0.25) is 19.2 Å². The molecule has 2 aliphatic heterocycles. The van der Waals surface area contributed by atoms with Crippen LogP contribution in [-0.4, -0.2) is 79.7 Å². The predicted octanol–water partition coefficient (Wildman–Crippen LogP) is 4.42. The molecule has 0 saturated carbocycles. The van der Waals surface area contributed by atoms with Crippen molar-refractivity contribution in [1.29, 1.82) is 0 Å². The van der Waals surface area contributed by atoms with Crippen molar-refractivity contribution in [1.82, 2.24) is 0 Å². The molecule has 0 aromatic heterocycles. The van der Waals surface area contributed by atoms with E-state index in [-0.39, 0.29) is 32.0 Å². The Morgan fingerprint density at radius 2 is 1.48 bits per heavy atom. The summed E-state index contributed by atoms with van der Waals surface area (Å²) in [5, 5.41) is 0. The minimum Gasteiger partial charge on any atom is -0.463 e. The third-order valence-corrected chi connectivity index (χ3v) is 7.20. The minimum absolute atomic E-state index is 0.126. The van der Waals surface area contributed by atoms with Crippen LogP contribution in [0.1, 0.15) is 74.8 Å². The molecule has 1 aromatic carbocycles. The van der Waals surface area contributed by atoms with Crippen LogP contribution in [0.2, 0.25) is 0 Å². The van der Waals surface area contributed by atoms with Crippen molar-refractivity contribution in [3.05, 3.63) is 47.5 Å². The van der Waals surface area contributed by atoms with Gasteiger partial charge in [0.2, 0.25) is 6.29 Å². The molecular formula is C34H48O12. The lowest BCUT2D eigenvalue weighted by molar-refractivity contribution is -0.306. The van der Waals surface area contributed by atoms with Gasteiger partial charge in [-0.25, -0.2) is 0 Å². The number of benzene rings is 1. The number of carbonyl (C=O) groups excluding carboxylic acids is 4. The molecule has 2 heterocycles. The van der Waals surface area contributed by atoms with Gasteiger partial charge in [-0.15, -0.1) is 0 Å². The highest BCUT2D eigenvalue weighted by Crippen LogP contribution is 2.51. The Kier molecular flexibility index (Phi) is 11.8. The number of hydrogen-bond acceptors (Lipinski definition) is 12.